The third-order valence-corrected chi connectivity index (χ3v) is 3.60. The molecule has 1 saturated heterocycles. The van der Waals surface area contributed by atoms with Crippen LogP contribution in [0.25, 0.3) is 0 Å². The van der Waals surface area contributed by atoms with Crippen LogP contribution in [0.2, 0.25) is 0 Å². The zero-order valence-corrected chi connectivity index (χ0v) is 9.93. The number of likely N-dealkylation sites (tertiary alicyclic amines) is 1. The van der Waals surface area contributed by atoms with Crippen LogP contribution in [0.15, 0.2) is 0 Å². The Hall–Kier alpha value is -0.290. The van der Waals surface area contributed by atoms with Crippen LogP contribution in [-0.4, -0.2) is 36.2 Å². The highest BCUT2D eigenvalue weighted by Crippen LogP contribution is 2.31. The Balaban J connectivity index is 2.63. The predicted octanol–water partition coefficient (Wildman–Crippen LogP) is 2.39. The van der Waals surface area contributed by atoms with Crippen molar-refractivity contribution in [2.45, 2.75) is 51.4 Å². The molecule has 5 heteroatoms. The fraction of sp³-hybridized carbons (Fsp3) is 1.00. The van der Waals surface area contributed by atoms with Crippen molar-refractivity contribution < 1.29 is 13.2 Å². The van der Waals surface area contributed by atoms with Gasteiger partial charge >= 0.3 is 6.18 Å². The van der Waals surface area contributed by atoms with Crippen LogP contribution in [0.1, 0.15) is 33.1 Å². The normalized spacial score (nSPS) is 29.6. The molecular formula is C11H21F3N2. The first-order valence-corrected chi connectivity index (χ1v) is 5.92. The van der Waals surface area contributed by atoms with Gasteiger partial charge in [0.05, 0.1) is 5.92 Å². The van der Waals surface area contributed by atoms with Gasteiger partial charge in [0.15, 0.2) is 0 Å². The highest BCUT2D eigenvalue weighted by Gasteiger charge is 2.42. The van der Waals surface area contributed by atoms with Gasteiger partial charge in [-0.25, -0.2) is 0 Å². The minimum absolute atomic E-state index is 0.0552. The summed E-state index contributed by atoms with van der Waals surface area (Å²) < 4.78 is 37.9. The number of hydrogen-bond donors (Lipinski definition) is 1. The number of nitrogens with two attached hydrogens (primary N) is 1. The van der Waals surface area contributed by atoms with Gasteiger partial charge in [0.25, 0.3) is 0 Å². The zero-order valence-electron chi connectivity index (χ0n) is 9.93. The topological polar surface area (TPSA) is 29.3 Å². The Labute approximate surface area is 95.0 Å². The third-order valence-electron chi connectivity index (χ3n) is 3.60. The first-order valence-electron chi connectivity index (χ1n) is 5.92. The van der Waals surface area contributed by atoms with Crippen molar-refractivity contribution >= 4 is 0 Å². The summed E-state index contributed by atoms with van der Waals surface area (Å²) in [6.07, 6.45) is -1.25. The van der Waals surface area contributed by atoms with Crippen molar-refractivity contribution in [2.24, 2.45) is 11.7 Å². The number of nitrogens with zero attached hydrogens (tertiary/aromatic N) is 1. The zero-order chi connectivity index (χ0) is 12.3. The molecule has 0 amide bonds. The molecule has 3 unspecified atom stereocenters. The molecule has 0 aromatic rings. The Morgan fingerprint density at radius 3 is 2.44 bits per heavy atom. The largest absolute Gasteiger partial charge is 0.394 e. The molecule has 1 aliphatic rings. The van der Waals surface area contributed by atoms with Gasteiger partial charge in [0, 0.05) is 25.2 Å². The van der Waals surface area contributed by atoms with Gasteiger partial charge in [0.2, 0.25) is 0 Å². The molecule has 0 aliphatic carbocycles. The summed E-state index contributed by atoms with van der Waals surface area (Å²) in [6.45, 7) is 3.77. The standard InChI is InChI=1S/C11H21F3N2/c1-3-10-5-4-8(2)16(10)7-9(6-15)11(12,13)14/h8-10H,3-7,15H2,1-2H3. The van der Waals surface area contributed by atoms with Crippen molar-refractivity contribution in [3.8, 4) is 0 Å². The molecule has 0 radical (unpaired) electrons. The number of alkyl halides is 3. The maximum absolute atomic E-state index is 12.6. The first-order chi connectivity index (χ1) is 7.40. The second-order valence-electron chi connectivity index (χ2n) is 4.66. The van der Waals surface area contributed by atoms with Gasteiger partial charge in [-0.3, -0.25) is 4.90 Å². The van der Waals surface area contributed by atoms with Crippen LogP contribution >= 0.6 is 0 Å². The summed E-state index contributed by atoms with van der Waals surface area (Å²) in [5.41, 5.74) is 5.22. The molecule has 0 spiro atoms. The van der Waals surface area contributed by atoms with Crippen LogP contribution < -0.4 is 5.73 Å². The summed E-state index contributed by atoms with van der Waals surface area (Å²) in [4.78, 5) is 1.98. The average molecular weight is 238 g/mol. The third kappa shape index (κ3) is 3.10. The van der Waals surface area contributed by atoms with E-state index in [1.807, 2.05) is 18.7 Å². The fourth-order valence-corrected chi connectivity index (χ4v) is 2.46. The van der Waals surface area contributed by atoms with E-state index < -0.39 is 12.1 Å². The maximum Gasteiger partial charge on any atom is 0.394 e. The van der Waals surface area contributed by atoms with Crippen LogP contribution in [0.3, 0.4) is 0 Å². The Morgan fingerprint density at radius 1 is 1.38 bits per heavy atom. The highest BCUT2D eigenvalue weighted by atomic mass is 19.4. The SMILES string of the molecule is CCC1CCC(C)N1CC(CN)C(F)(F)F. The molecule has 1 fully saturated rings. The predicted molar refractivity (Wildman–Crippen MR) is 58.1 cm³/mol. The molecular weight excluding hydrogens is 217 g/mol. The second-order valence-corrected chi connectivity index (χ2v) is 4.66. The van der Waals surface area contributed by atoms with Crippen molar-refractivity contribution in [1.82, 2.24) is 4.90 Å². The average Bonchev–Trinajstić information content (AvgIpc) is 2.54. The molecule has 0 bridgehead atoms. The summed E-state index contributed by atoms with van der Waals surface area (Å²) in [7, 11) is 0. The lowest BCUT2D eigenvalue weighted by molar-refractivity contribution is -0.177. The minimum atomic E-state index is -4.17. The monoisotopic (exact) mass is 238 g/mol. The van der Waals surface area contributed by atoms with E-state index in [4.69, 9.17) is 5.73 Å². The molecule has 0 aromatic heterocycles. The van der Waals surface area contributed by atoms with Crippen LogP contribution in [0.5, 0.6) is 0 Å². The van der Waals surface area contributed by atoms with Crippen LogP contribution in [0.4, 0.5) is 13.2 Å². The Bertz CT molecular complexity index is 218. The molecule has 2 nitrogen and oxygen atoms in total. The number of rotatable bonds is 4. The first kappa shape index (κ1) is 13.8. The van der Waals surface area contributed by atoms with Gasteiger partial charge in [-0.15, -0.1) is 0 Å². The number of halogens is 3. The van der Waals surface area contributed by atoms with Crippen LogP contribution in [-0.2, 0) is 0 Å². The molecule has 16 heavy (non-hydrogen) atoms. The van der Waals surface area contributed by atoms with Gasteiger partial charge < -0.3 is 5.73 Å². The molecule has 96 valence electrons. The highest BCUT2D eigenvalue weighted by molar-refractivity contribution is 4.87. The van der Waals surface area contributed by atoms with E-state index >= 15 is 0 Å². The molecule has 1 aliphatic heterocycles. The van der Waals surface area contributed by atoms with E-state index in [0.717, 1.165) is 19.3 Å². The molecule has 3 atom stereocenters. The van der Waals surface area contributed by atoms with Gasteiger partial charge in [0.1, 0.15) is 0 Å². The molecule has 1 heterocycles. The van der Waals surface area contributed by atoms with E-state index in [2.05, 4.69) is 0 Å². The lowest BCUT2D eigenvalue weighted by Crippen LogP contribution is -2.45. The molecule has 0 saturated carbocycles. The second kappa shape index (κ2) is 5.36. The van der Waals surface area contributed by atoms with E-state index in [0.29, 0.717) is 6.04 Å². The Kier molecular flexibility index (Phi) is 4.62. The van der Waals surface area contributed by atoms with Crippen molar-refractivity contribution in [1.29, 1.82) is 0 Å². The van der Waals surface area contributed by atoms with E-state index in [1.165, 1.54) is 0 Å². The van der Waals surface area contributed by atoms with Crippen molar-refractivity contribution in [3.05, 3.63) is 0 Å². The summed E-state index contributed by atoms with van der Waals surface area (Å²) in [5, 5.41) is 0. The van der Waals surface area contributed by atoms with Gasteiger partial charge in [-0.2, -0.15) is 13.2 Å². The summed E-state index contributed by atoms with van der Waals surface area (Å²) >= 11 is 0. The lowest BCUT2D eigenvalue weighted by atomic mass is 10.1. The van der Waals surface area contributed by atoms with Gasteiger partial charge in [-0.05, 0) is 26.2 Å². The minimum Gasteiger partial charge on any atom is -0.330 e. The number of hydrogen-bond acceptors (Lipinski definition) is 2. The summed E-state index contributed by atoms with van der Waals surface area (Å²) in [5.74, 6) is -1.39. The van der Waals surface area contributed by atoms with Crippen molar-refractivity contribution in [3.63, 3.8) is 0 Å². The van der Waals surface area contributed by atoms with E-state index in [9.17, 15) is 13.2 Å². The maximum atomic E-state index is 12.6. The molecule has 0 aromatic carbocycles. The van der Waals surface area contributed by atoms with Gasteiger partial charge in [-0.1, -0.05) is 6.92 Å². The van der Waals surface area contributed by atoms with Crippen molar-refractivity contribution in [2.75, 3.05) is 13.1 Å². The van der Waals surface area contributed by atoms with E-state index in [-0.39, 0.29) is 19.1 Å². The Morgan fingerprint density at radius 2 is 2.00 bits per heavy atom. The fourth-order valence-electron chi connectivity index (χ4n) is 2.46. The lowest BCUT2D eigenvalue weighted by Gasteiger charge is -2.32. The van der Waals surface area contributed by atoms with Crippen LogP contribution in [0, 0.1) is 5.92 Å². The molecule has 2 N–H and O–H groups in total. The summed E-state index contributed by atoms with van der Waals surface area (Å²) in [6, 6.07) is 0.549. The molecule has 1 rings (SSSR count). The smallest absolute Gasteiger partial charge is 0.330 e. The van der Waals surface area contributed by atoms with E-state index in [1.54, 1.807) is 0 Å². The quantitative estimate of drug-likeness (QED) is 0.814.